The molecule has 0 unspecified atom stereocenters. The van der Waals surface area contributed by atoms with Crippen LogP contribution in [-0.4, -0.2) is 18.0 Å². The van der Waals surface area contributed by atoms with Crippen molar-refractivity contribution in [3.63, 3.8) is 0 Å². The molecule has 0 bridgehead atoms. The Morgan fingerprint density at radius 2 is 1.85 bits per heavy atom. The van der Waals surface area contributed by atoms with Gasteiger partial charge in [-0.2, -0.15) is 0 Å². The predicted octanol–water partition coefficient (Wildman–Crippen LogP) is 3.57. The molecule has 5 nitrogen and oxygen atoms in total. The molecule has 0 atom stereocenters. The number of nitrogens with one attached hydrogen (secondary N) is 2. The number of fused-ring (bicyclic) bond motifs is 1. The predicted molar refractivity (Wildman–Crippen MR) is 107 cm³/mol. The normalized spacial score (nSPS) is 10.7. The summed E-state index contributed by atoms with van der Waals surface area (Å²) >= 11 is 0. The lowest BCUT2D eigenvalue weighted by Gasteiger charge is -2.07. The fourth-order valence-electron chi connectivity index (χ4n) is 3.01. The van der Waals surface area contributed by atoms with Crippen LogP contribution in [0.4, 0.5) is 0 Å². The first-order valence-corrected chi connectivity index (χ1v) is 9.16. The van der Waals surface area contributed by atoms with Crippen LogP contribution in [-0.2, 0) is 17.8 Å². The van der Waals surface area contributed by atoms with Crippen LogP contribution in [0.5, 0.6) is 5.75 Å². The topological polar surface area (TPSA) is 71.2 Å². The molecule has 1 heterocycles. The number of rotatable bonds is 8. The molecule has 0 aliphatic heterocycles. The number of pyridine rings is 1. The second kappa shape index (κ2) is 9.03. The Labute approximate surface area is 158 Å². The van der Waals surface area contributed by atoms with Crippen molar-refractivity contribution in [1.82, 2.24) is 10.3 Å². The number of aryl methyl sites for hydroxylation is 1. The fraction of sp³-hybridized carbons (Fsp3) is 0.273. The number of H-pyrrole nitrogens is 1. The van der Waals surface area contributed by atoms with Gasteiger partial charge in [0.1, 0.15) is 5.75 Å². The van der Waals surface area contributed by atoms with Crippen LogP contribution in [0.3, 0.4) is 0 Å². The Morgan fingerprint density at radius 3 is 2.63 bits per heavy atom. The van der Waals surface area contributed by atoms with E-state index in [9.17, 15) is 9.59 Å². The van der Waals surface area contributed by atoms with Crippen LogP contribution < -0.4 is 15.6 Å². The van der Waals surface area contributed by atoms with Gasteiger partial charge in [-0.3, -0.25) is 9.59 Å². The summed E-state index contributed by atoms with van der Waals surface area (Å²) in [6, 6.07) is 17.4. The van der Waals surface area contributed by atoms with Gasteiger partial charge in [-0.05, 0) is 54.5 Å². The van der Waals surface area contributed by atoms with Crippen LogP contribution in [0, 0.1) is 0 Å². The largest absolute Gasteiger partial charge is 0.497 e. The second-order valence-corrected chi connectivity index (χ2v) is 6.54. The molecule has 0 saturated heterocycles. The van der Waals surface area contributed by atoms with E-state index in [1.54, 1.807) is 7.11 Å². The first-order valence-electron chi connectivity index (χ1n) is 9.16. The summed E-state index contributed by atoms with van der Waals surface area (Å²) < 4.78 is 5.14. The number of hydrogen-bond donors (Lipinski definition) is 2. The van der Waals surface area contributed by atoms with E-state index in [0.29, 0.717) is 12.0 Å². The SMILES string of the molecule is COc1ccc(CCCCC(=O)NCc2cc3ccccc3[nH]c2=O)cc1. The summed E-state index contributed by atoms with van der Waals surface area (Å²) in [4.78, 5) is 27.0. The molecular weight excluding hydrogens is 340 g/mol. The molecule has 3 rings (SSSR count). The standard InChI is InChI=1S/C22H24N2O3/c1-27-19-12-10-16(11-13-19)6-2-5-9-21(25)23-15-18-14-17-7-3-4-8-20(17)24-22(18)26/h3-4,7-8,10-14H,2,5-6,9,15H2,1H3,(H,23,25)(H,24,26). The highest BCUT2D eigenvalue weighted by Gasteiger charge is 2.06. The summed E-state index contributed by atoms with van der Waals surface area (Å²) in [5, 5.41) is 3.80. The Hall–Kier alpha value is -3.08. The third-order valence-corrected chi connectivity index (χ3v) is 4.58. The highest BCUT2D eigenvalue weighted by Crippen LogP contribution is 2.14. The third-order valence-electron chi connectivity index (χ3n) is 4.58. The summed E-state index contributed by atoms with van der Waals surface area (Å²) in [6.07, 6.45) is 3.14. The molecule has 3 aromatic rings. The van der Waals surface area contributed by atoms with Crippen molar-refractivity contribution in [3.05, 3.63) is 76.1 Å². The lowest BCUT2D eigenvalue weighted by molar-refractivity contribution is -0.121. The Bertz CT molecular complexity index is 961. The zero-order valence-electron chi connectivity index (χ0n) is 15.5. The van der Waals surface area contributed by atoms with Gasteiger partial charge in [0.25, 0.3) is 5.56 Å². The second-order valence-electron chi connectivity index (χ2n) is 6.54. The van der Waals surface area contributed by atoms with Crippen LogP contribution in [0.15, 0.2) is 59.4 Å². The maximum absolute atomic E-state index is 12.1. The lowest BCUT2D eigenvalue weighted by atomic mass is 10.1. The van der Waals surface area contributed by atoms with E-state index in [-0.39, 0.29) is 18.0 Å². The molecule has 0 fully saturated rings. The van der Waals surface area contributed by atoms with Gasteiger partial charge in [0.05, 0.1) is 7.11 Å². The van der Waals surface area contributed by atoms with E-state index in [1.165, 1.54) is 5.56 Å². The van der Waals surface area contributed by atoms with Gasteiger partial charge in [-0.25, -0.2) is 0 Å². The maximum Gasteiger partial charge on any atom is 0.253 e. The highest BCUT2D eigenvalue weighted by atomic mass is 16.5. The number of para-hydroxylation sites is 1. The minimum Gasteiger partial charge on any atom is -0.497 e. The molecule has 140 valence electrons. The molecule has 0 aliphatic carbocycles. The van der Waals surface area contributed by atoms with Crippen LogP contribution in [0.2, 0.25) is 0 Å². The first-order chi connectivity index (χ1) is 13.2. The number of methoxy groups -OCH3 is 1. The molecule has 0 saturated carbocycles. The number of aromatic nitrogens is 1. The molecule has 2 aromatic carbocycles. The van der Waals surface area contributed by atoms with Gasteiger partial charge in [0.2, 0.25) is 5.91 Å². The monoisotopic (exact) mass is 364 g/mol. The smallest absolute Gasteiger partial charge is 0.253 e. The van der Waals surface area contributed by atoms with Crippen molar-refractivity contribution in [1.29, 1.82) is 0 Å². The van der Waals surface area contributed by atoms with Gasteiger partial charge in [0.15, 0.2) is 0 Å². The Morgan fingerprint density at radius 1 is 1.07 bits per heavy atom. The van der Waals surface area contributed by atoms with E-state index in [0.717, 1.165) is 35.9 Å². The number of unbranched alkanes of at least 4 members (excludes halogenated alkanes) is 1. The summed E-state index contributed by atoms with van der Waals surface area (Å²) in [5.74, 6) is 0.819. The number of ether oxygens (including phenoxy) is 1. The van der Waals surface area contributed by atoms with Crippen molar-refractivity contribution >= 4 is 16.8 Å². The fourth-order valence-corrected chi connectivity index (χ4v) is 3.01. The lowest BCUT2D eigenvalue weighted by Crippen LogP contribution is -2.26. The van der Waals surface area contributed by atoms with Gasteiger partial charge in [0, 0.05) is 24.0 Å². The first kappa shape index (κ1) is 18.7. The third kappa shape index (κ3) is 5.20. The number of carbonyl (C=O) groups is 1. The van der Waals surface area contributed by atoms with Crippen molar-refractivity contribution in [2.24, 2.45) is 0 Å². The molecule has 2 N–H and O–H groups in total. The quantitative estimate of drug-likeness (QED) is 0.600. The highest BCUT2D eigenvalue weighted by molar-refractivity contribution is 5.79. The van der Waals surface area contributed by atoms with Crippen LogP contribution >= 0.6 is 0 Å². The zero-order valence-corrected chi connectivity index (χ0v) is 15.5. The van der Waals surface area contributed by atoms with E-state index < -0.39 is 0 Å². The number of aromatic amines is 1. The number of hydrogen-bond acceptors (Lipinski definition) is 3. The number of amides is 1. The van der Waals surface area contributed by atoms with Crippen molar-refractivity contribution in [2.45, 2.75) is 32.2 Å². The number of benzene rings is 2. The van der Waals surface area contributed by atoms with Crippen molar-refractivity contribution < 1.29 is 9.53 Å². The van der Waals surface area contributed by atoms with Gasteiger partial charge in [-0.1, -0.05) is 30.3 Å². The molecule has 1 amide bonds. The van der Waals surface area contributed by atoms with E-state index in [4.69, 9.17) is 4.74 Å². The van der Waals surface area contributed by atoms with Crippen LogP contribution in [0.25, 0.3) is 10.9 Å². The van der Waals surface area contributed by atoms with E-state index >= 15 is 0 Å². The van der Waals surface area contributed by atoms with Gasteiger partial charge < -0.3 is 15.0 Å². The molecule has 27 heavy (non-hydrogen) atoms. The molecule has 0 spiro atoms. The Balaban J connectivity index is 1.43. The average Bonchev–Trinajstić information content (AvgIpc) is 2.70. The van der Waals surface area contributed by atoms with E-state index in [2.05, 4.69) is 10.3 Å². The van der Waals surface area contributed by atoms with E-state index in [1.807, 2.05) is 54.6 Å². The molecule has 0 radical (unpaired) electrons. The Kier molecular flexibility index (Phi) is 6.26. The summed E-state index contributed by atoms with van der Waals surface area (Å²) in [7, 11) is 1.65. The summed E-state index contributed by atoms with van der Waals surface area (Å²) in [6.45, 7) is 0.248. The van der Waals surface area contributed by atoms with Gasteiger partial charge in [-0.15, -0.1) is 0 Å². The minimum absolute atomic E-state index is 0.0303. The number of carbonyl (C=O) groups excluding carboxylic acids is 1. The molecular formula is C22H24N2O3. The molecule has 0 aliphatic rings. The average molecular weight is 364 g/mol. The van der Waals surface area contributed by atoms with Crippen molar-refractivity contribution in [3.8, 4) is 5.75 Å². The summed E-state index contributed by atoms with van der Waals surface area (Å²) in [5.41, 5.74) is 2.45. The van der Waals surface area contributed by atoms with Crippen molar-refractivity contribution in [2.75, 3.05) is 7.11 Å². The molecule has 5 heteroatoms. The zero-order chi connectivity index (χ0) is 19.1. The maximum atomic E-state index is 12.1. The minimum atomic E-state index is -0.159. The van der Waals surface area contributed by atoms with Gasteiger partial charge >= 0.3 is 0 Å². The van der Waals surface area contributed by atoms with Crippen LogP contribution in [0.1, 0.15) is 30.4 Å². The molecule has 1 aromatic heterocycles.